The van der Waals surface area contributed by atoms with Crippen LogP contribution in [0, 0.1) is 0 Å². The summed E-state index contributed by atoms with van der Waals surface area (Å²) in [5, 5.41) is 0. The molecule has 0 fully saturated rings. The summed E-state index contributed by atoms with van der Waals surface area (Å²) < 4.78 is 295. The van der Waals surface area contributed by atoms with Crippen LogP contribution in [0.1, 0.15) is 0 Å². The Bertz CT molecular complexity index is 817. The number of halogens is 21. The molecule has 0 saturated heterocycles. The van der Waals surface area contributed by atoms with Crippen LogP contribution >= 0.6 is 0 Å². The fourth-order valence-electron chi connectivity index (χ4n) is 2.26. The van der Waals surface area contributed by atoms with E-state index in [-0.39, 0.29) is 29.6 Å². The molecule has 212 valence electrons. The van der Waals surface area contributed by atoms with Gasteiger partial charge in [0, 0.05) is 0 Å². The fraction of sp³-hybridized carbons (Fsp3) is 1.00. The van der Waals surface area contributed by atoms with E-state index < -0.39 is 68.9 Å². The van der Waals surface area contributed by atoms with Crippen molar-refractivity contribution < 1.29 is 135 Å². The quantitative estimate of drug-likeness (QED) is 0.250. The Hall–Kier alpha value is -0.560. The van der Waals surface area contributed by atoms with Crippen molar-refractivity contribution in [2.45, 2.75) is 58.8 Å². The fourth-order valence-corrected chi connectivity index (χ4v) is 3.59. The topological polar surface area (TPSA) is 57.2 Å². The summed E-state index contributed by atoms with van der Waals surface area (Å²) in [5.41, 5.74) is 0. The van der Waals surface area contributed by atoms with Crippen molar-refractivity contribution >= 4 is 10.1 Å². The van der Waals surface area contributed by atoms with Crippen LogP contribution in [0.15, 0.2) is 0 Å². The predicted molar refractivity (Wildman–Crippen MR) is 60.3 cm³/mol. The van der Waals surface area contributed by atoms with Crippen molar-refractivity contribution in [3.8, 4) is 0 Å². The molecule has 0 rings (SSSR count). The third-order valence-electron chi connectivity index (χ3n) is 3.95. The van der Waals surface area contributed by atoms with Crippen molar-refractivity contribution in [2.75, 3.05) is 0 Å². The Labute approximate surface area is 204 Å². The third kappa shape index (κ3) is 4.40. The van der Waals surface area contributed by atoms with Gasteiger partial charge in [0.25, 0.3) is 4.75 Å². The minimum atomic E-state index is -10.1. The molecule has 0 aromatic rings. The van der Waals surface area contributed by atoms with Crippen molar-refractivity contribution in [1.29, 1.82) is 0 Å². The minimum absolute atomic E-state index is 0. The van der Waals surface area contributed by atoms with E-state index in [0.29, 0.717) is 0 Å². The van der Waals surface area contributed by atoms with E-state index in [1.54, 1.807) is 0 Å². The first-order valence-electron chi connectivity index (χ1n) is 6.92. The average Bonchev–Trinajstić information content (AvgIpc) is 2.48. The third-order valence-corrected chi connectivity index (χ3v) is 5.47. The standard InChI is InChI=1S/C10HF21O3S.Na/c11-2(12,5(17,18)8(23,24)25)1(35(32,33)34,3(13,14)6(19,20)9(26,27)28)4(15,16)7(21,22)10(29,30)31;/h(H,32,33,34);/q;+1/p-1. The van der Waals surface area contributed by atoms with E-state index >= 15 is 0 Å². The maximum Gasteiger partial charge on any atom is 1.00 e. The number of rotatable bonds is 7. The normalized spacial score (nSPS) is 16.6. The van der Waals surface area contributed by atoms with Gasteiger partial charge in [-0.3, -0.25) is 0 Å². The second-order valence-corrected chi connectivity index (χ2v) is 7.60. The van der Waals surface area contributed by atoms with E-state index in [2.05, 4.69) is 0 Å². The van der Waals surface area contributed by atoms with Crippen molar-refractivity contribution in [3.63, 3.8) is 0 Å². The first-order chi connectivity index (χ1) is 14.5. The second-order valence-electron chi connectivity index (χ2n) is 6.07. The molecule has 0 amide bonds. The molecule has 0 saturated carbocycles. The van der Waals surface area contributed by atoms with E-state index in [1.165, 1.54) is 0 Å². The average molecular weight is 622 g/mol. The van der Waals surface area contributed by atoms with Crippen LogP contribution < -0.4 is 29.6 Å². The molecule has 0 aliphatic heterocycles. The van der Waals surface area contributed by atoms with Crippen molar-refractivity contribution in [1.82, 2.24) is 0 Å². The summed E-state index contributed by atoms with van der Waals surface area (Å²) >= 11 is 0. The van der Waals surface area contributed by atoms with Gasteiger partial charge >= 0.3 is 83.6 Å². The van der Waals surface area contributed by atoms with Gasteiger partial charge in [-0.1, -0.05) is 0 Å². The molecule has 0 radical (unpaired) electrons. The maximum atomic E-state index is 13.9. The van der Waals surface area contributed by atoms with Gasteiger partial charge in [0.2, 0.25) is 0 Å². The van der Waals surface area contributed by atoms with Gasteiger partial charge in [-0.25, -0.2) is 8.42 Å². The van der Waals surface area contributed by atoms with E-state index in [4.69, 9.17) is 0 Å². The van der Waals surface area contributed by atoms with Crippen LogP contribution in [0.2, 0.25) is 0 Å². The van der Waals surface area contributed by atoms with Crippen molar-refractivity contribution in [2.24, 2.45) is 0 Å². The zero-order valence-corrected chi connectivity index (χ0v) is 18.4. The Morgan fingerprint density at radius 2 is 0.500 bits per heavy atom. The molecule has 0 atom stereocenters. The first kappa shape index (κ1) is 37.6. The molecule has 36 heavy (non-hydrogen) atoms. The SMILES string of the molecule is O=S(=O)([O-])C(C(F)(F)C(F)(F)C(F)(F)F)(C(F)(F)C(F)(F)C(F)(F)F)C(F)(F)C(F)(F)C(F)(F)F.[Na+]. The van der Waals surface area contributed by atoms with Gasteiger partial charge in [-0.15, -0.1) is 0 Å². The first-order valence-corrected chi connectivity index (χ1v) is 8.33. The molecular formula is C10F21NaO3S. The van der Waals surface area contributed by atoms with E-state index in [1.807, 2.05) is 0 Å². The van der Waals surface area contributed by atoms with Crippen LogP contribution in [-0.4, -0.2) is 71.8 Å². The van der Waals surface area contributed by atoms with Crippen LogP contribution in [-0.2, 0) is 10.1 Å². The summed E-state index contributed by atoms with van der Waals surface area (Å²) in [7, 11) is -10.1. The largest absolute Gasteiger partial charge is 1.00 e. The molecule has 0 aromatic carbocycles. The maximum absolute atomic E-state index is 13.9. The molecular weight excluding hydrogens is 622 g/mol. The van der Waals surface area contributed by atoms with E-state index in [9.17, 15) is 105 Å². The summed E-state index contributed by atoms with van der Waals surface area (Å²) in [6.07, 6.45) is -25.7. The van der Waals surface area contributed by atoms with Gasteiger partial charge < -0.3 is 4.55 Å². The zero-order valence-electron chi connectivity index (χ0n) is 15.6. The molecule has 3 nitrogen and oxygen atoms in total. The molecule has 26 heteroatoms. The number of hydrogen-bond donors (Lipinski definition) is 0. The predicted octanol–water partition coefficient (Wildman–Crippen LogP) is 2.77. The smallest absolute Gasteiger partial charge is 0.747 e. The molecule has 0 bridgehead atoms. The minimum Gasteiger partial charge on any atom is -0.747 e. The van der Waals surface area contributed by atoms with Gasteiger partial charge in [-0.05, 0) is 0 Å². The van der Waals surface area contributed by atoms with Crippen LogP contribution in [0.5, 0.6) is 0 Å². The van der Waals surface area contributed by atoms with Crippen LogP contribution in [0.4, 0.5) is 92.2 Å². The van der Waals surface area contributed by atoms with Gasteiger partial charge in [0.15, 0.2) is 0 Å². The Balaban J connectivity index is 0. The van der Waals surface area contributed by atoms with Crippen molar-refractivity contribution in [3.05, 3.63) is 0 Å². The number of alkyl halides is 21. The molecule has 0 aliphatic carbocycles. The summed E-state index contributed by atoms with van der Waals surface area (Å²) in [6, 6.07) is 0. The Morgan fingerprint density at radius 3 is 0.583 bits per heavy atom. The summed E-state index contributed by atoms with van der Waals surface area (Å²) in [6.45, 7) is 0. The van der Waals surface area contributed by atoms with Crippen LogP contribution in [0.25, 0.3) is 0 Å². The molecule has 0 aromatic heterocycles. The summed E-state index contributed by atoms with van der Waals surface area (Å²) in [4.78, 5) is 0. The summed E-state index contributed by atoms with van der Waals surface area (Å²) in [5.74, 6) is -57.1. The number of hydrogen-bond acceptors (Lipinski definition) is 3. The zero-order chi connectivity index (χ0) is 29.5. The van der Waals surface area contributed by atoms with Crippen LogP contribution in [0.3, 0.4) is 0 Å². The molecule has 0 spiro atoms. The van der Waals surface area contributed by atoms with E-state index in [0.717, 1.165) is 0 Å². The van der Waals surface area contributed by atoms with Gasteiger partial charge in [0.05, 0.1) is 0 Å². The second kappa shape index (κ2) is 8.99. The Morgan fingerprint density at radius 1 is 0.361 bits per heavy atom. The monoisotopic (exact) mass is 622 g/mol. The molecule has 0 aliphatic rings. The molecule has 0 heterocycles. The molecule has 0 N–H and O–H groups in total. The van der Waals surface area contributed by atoms with Gasteiger partial charge in [0.1, 0.15) is 10.1 Å². The Kier molecular flexibility index (Phi) is 9.39. The molecule has 0 unspecified atom stereocenters. The van der Waals surface area contributed by atoms with Gasteiger partial charge in [-0.2, -0.15) is 92.2 Å².